The molecule has 2 fully saturated rings. The van der Waals surface area contributed by atoms with Gasteiger partial charge in [0.05, 0.1) is 5.41 Å². The summed E-state index contributed by atoms with van der Waals surface area (Å²) in [5, 5.41) is 3.89. The van der Waals surface area contributed by atoms with E-state index in [9.17, 15) is 4.79 Å². The summed E-state index contributed by atoms with van der Waals surface area (Å²) in [6.07, 6.45) is 0.990. The third-order valence-electron chi connectivity index (χ3n) is 3.41. The Labute approximate surface area is 108 Å². The topological polar surface area (TPSA) is 32.3 Å². The van der Waals surface area contributed by atoms with Crippen LogP contribution in [0.25, 0.3) is 0 Å². The summed E-state index contributed by atoms with van der Waals surface area (Å²) in [4.78, 5) is 14.4. The first-order chi connectivity index (χ1) is 7.12. The van der Waals surface area contributed by atoms with Crippen LogP contribution >= 0.6 is 24.2 Å². The Hall–Kier alpha value is 0.0700. The van der Waals surface area contributed by atoms with Crippen molar-refractivity contribution in [3.8, 4) is 0 Å². The Kier molecular flexibility index (Phi) is 4.95. The lowest BCUT2D eigenvalue weighted by atomic mass is 9.88. The number of nitrogens with one attached hydrogen (secondary N) is 1. The molecule has 3 nitrogen and oxygen atoms in total. The summed E-state index contributed by atoms with van der Waals surface area (Å²) >= 11 is 1.97. The number of hydrogen-bond donors (Lipinski definition) is 1. The number of thioether (sulfide) groups is 1. The molecule has 2 saturated heterocycles. The normalized spacial score (nSPS) is 34.6. The first-order valence-corrected chi connectivity index (χ1v) is 6.78. The van der Waals surface area contributed by atoms with E-state index in [1.165, 1.54) is 0 Å². The van der Waals surface area contributed by atoms with Gasteiger partial charge in [0.25, 0.3) is 0 Å². The summed E-state index contributed by atoms with van der Waals surface area (Å²) < 4.78 is 0. The van der Waals surface area contributed by atoms with Crippen molar-refractivity contribution in [1.29, 1.82) is 0 Å². The van der Waals surface area contributed by atoms with Crippen LogP contribution in [0, 0.1) is 5.41 Å². The molecular weight excluding hydrogens is 244 g/mol. The summed E-state index contributed by atoms with van der Waals surface area (Å²) in [5.74, 6) is 1.45. The number of hydrogen-bond acceptors (Lipinski definition) is 3. The Morgan fingerprint density at radius 2 is 2.31 bits per heavy atom. The Bertz CT molecular complexity index is 256. The molecule has 0 saturated carbocycles. The first-order valence-electron chi connectivity index (χ1n) is 5.73. The van der Waals surface area contributed by atoms with Gasteiger partial charge in [-0.2, -0.15) is 11.8 Å². The lowest BCUT2D eigenvalue weighted by Gasteiger charge is -2.36. The van der Waals surface area contributed by atoms with E-state index in [4.69, 9.17) is 0 Å². The van der Waals surface area contributed by atoms with Gasteiger partial charge in [-0.15, -0.1) is 12.4 Å². The van der Waals surface area contributed by atoms with Gasteiger partial charge >= 0.3 is 0 Å². The van der Waals surface area contributed by atoms with Gasteiger partial charge in [0.1, 0.15) is 0 Å². The van der Waals surface area contributed by atoms with Crippen molar-refractivity contribution in [3.05, 3.63) is 0 Å². The highest BCUT2D eigenvalue weighted by molar-refractivity contribution is 7.99. The van der Waals surface area contributed by atoms with E-state index in [2.05, 4.69) is 24.1 Å². The van der Waals surface area contributed by atoms with Gasteiger partial charge in [-0.05, 0) is 19.9 Å². The van der Waals surface area contributed by atoms with Crippen molar-refractivity contribution in [2.24, 2.45) is 5.41 Å². The second-order valence-electron chi connectivity index (χ2n) is 4.92. The molecule has 16 heavy (non-hydrogen) atoms. The Balaban J connectivity index is 0.00000128. The van der Waals surface area contributed by atoms with Crippen LogP contribution in [0.1, 0.15) is 20.3 Å². The number of rotatable bonds is 1. The largest absolute Gasteiger partial charge is 0.340 e. The molecule has 0 aromatic carbocycles. The van der Waals surface area contributed by atoms with Crippen LogP contribution < -0.4 is 5.32 Å². The van der Waals surface area contributed by atoms with Gasteiger partial charge in [-0.3, -0.25) is 4.79 Å². The fraction of sp³-hybridized carbons (Fsp3) is 0.909. The van der Waals surface area contributed by atoms with E-state index in [1.54, 1.807) is 0 Å². The molecule has 0 aliphatic carbocycles. The van der Waals surface area contributed by atoms with Crippen molar-refractivity contribution in [3.63, 3.8) is 0 Å². The highest BCUT2D eigenvalue weighted by Crippen LogP contribution is 2.29. The van der Waals surface area contributed by atoms with E-state index >= 15 is 0 Å². The molecular formula is C11H21ClN2OS. The zero-order valence-corrected chi connectivity index (χ0v) is 11.6. The number of amides is 1. The van der Waals surface area contributed by atoms with Gasteiger partial charge < -0.3 is 10.2 Å². The highest BCUT2D eigenvalue weighted by atomic mass is 35.5. The first kappa shape index (κ1) is 14.1. The predicted molar refractivity (Wildman–Crippen MR) is 71.3 cm³/mol. The summed E-state index contributed by atoms with van der Waals surface area (Å²) in [6.45, 7) is 8.01. The standard InChI is InChI=1S/C11H20N2OS.ClH/c1-9-7-13(5-6-15-9)10(14)11(2)3-4-12-8-11;/h9,12H,3-8H2,1-2H3;1H. The van der Waals surface area contributed by atoms with Gasteiger partial charge in [0, 0.05) is 30.6 Å². The SMILES string of the molecule is CC1CN(C(=O)C2(C)CCNC2)CCS1.Cl. The van der Waals surface area contributed by atoms with E-state index in [1.807, 2.05) is 11.8 Å². The number of carbonyl (C=O) groups excluding carboxylic acids is 1. The van der Waals surface area contributed by atoms with E-state index < -0.39 is 0 Å². The summed E-state index contributed by atoms with van der Waals surface area (Å²) in [5.41, 5.74) is -0.137. The van der Waals surface area contributed by atoms with Crippen molar-refractivity contribution < 1.29 is 4.79 Å². The molecule has 0 aromatic heterocycles. The fourth-order valence-electron chi connectivity index (χ4n) is 2.38. The fourth-order valence-corrected chi connectivity index (χ4v) is 3.40. The molecule has 2 aliphatic heterocycles. The average Bonchev–Trinajstić information content (AvgIpc) is 2.65. The zero-order chi connectivity index (χ0) is 10.9. The lowest BCUT2D eigenvalue weighted by Crippen LogP contribution is -2.48. The second kappa shape index (κ2) is 5.61. The molecule has 94 valence electrons. The zero-order valence-electron chi connectivity index (χ0n) is 9.99. The van der Waals surface area contributed by atoms with Gasteiger partial charge in [-0.25, -0.2) is 0 Å². The van der Waals surface area contributed by atoms with Crippen LogP contribution in [0.15, 0.2) is 0 Å². The second-order valence-corrected chi connectivity index (χ2v) is 6.47. The predicted octanol–water partition coefficient (Wildman–Crippen LogP) is 1.37. The van der Waals surface area contributed by atoms with Crippen LogP contribution in [-0.4, -0.2) is 48.0 Å². The molecule has 1 N–H and O–H groups in total. The molecule has 0 aromatic rings. The van der Waals surface area contributed by atoms with Crippen LogP contribution in [0.3, 0.4) is 0 Å². The molecule has 2 heterocycles. The van der Waals surface area contributed by atoms with Crippen LogP contribution in [0.2, 0.25) is 0 Å². The van der Waals surface area contributed by atoms with Gasteiger partial charge in [0.2, 0.25) is 5.91 Å². The molecule has 2 atom stereocenters. The maximum atomic E-state index is 12.3. The van der Waals surface area contributed by atoms with Crippen molar-refractivity contribution >= 4 is 30.1 Å². The van der Waals surface area contributed by atoms with Crippen molar-refractivity contribution in [2.75, 3.05) is 31.9 Å². The highest BCUT2D eigenvalue weighted by Gasteiger charge is 2.39. The minimum absolute atomic E-state index is 0. The number of halogens is 1. The molecule has 5 heteroatoms. The Morgan fingerprint density at radius 1 is 1.56 bits per heavy atom. The molecule has 0 spiro atoms. The molecule has 0 radical (unpaired) electrons. The molecule has 2 unspecified atom stereocenters. The van der Waals surface area contributed by atoms with E-state index in [-0.39, 0.29) is 17.8 Å². The molecule has 1 amide bonds. The van der Waals surface area contributed by atoms with Gasteiger partial charge in [0.15, 0.2) is 0 Å². The maximum Gasteiger partial charge on any atom is 0.229 e. The molecule has 2 rings (SSSR count). The monoisotopic (exact) mass is 264 g/mol. The van der Waals surface area contributed by atoms with Crippen molar-refractivity contribution in [1.82, 2.24) is 10.2 Å². The van der Waals surface area contributed by atoms with E-state index in [0.717, 1.165) is 38.4 Å². The summed E-state index contributed by atoms with van der Waals surface area (Å²) in [6, 6.07) is 0. The minimum Gasteiger partial charge on any atom is -0.340 e. The number of nitrogens with zero attached hydrogens (tertiary/aromatic N) is 1. The van der Waals surface area contributed by atoms with Crippen LogP contribution in [-0.2, 0) is 4.79 Å². The smallest absolute Gasteiger partial charge is 0.229 e. The third-order valence-corrected chi connectivity index (χ3v) is 4.55. The number of carbonyl (C=O) groups is 1. The van der Waals surface area contributed by atoms with Crippen molar-refractivity contribution in [2.45, 2.75) is 25.5 Å². The van der Waals surface area contributed by atoms with E-state index in [0.29, 0.717) is 11.2 Å². The third kappa shape index (κ3) is 2.84. The van der Waals surface area contributed by atoms with Crippen LogP contribution in [0.5, 0.6) is 0 Å². The van der Waals surface area contributed by atoms with Gasteiger partial charge in [-0.1, -0.05) is 6.92 Å². The van der Waals surface area contributed by atoms with Crippen LogP contribution in [0.4, 0.5) is 0 Å². The average molecular weight is 265 g/mol. The quantitative estimate of drug-likeness (QED) is 0.777. The Morgan fingerprint density at radius 3 is 2.88 bits per heavy atom. The minimum atomic E-state index is -0.137. The summed E-state index contributed by atoms with van der Waals surface area (Å²) in [7, 11) is 0. The molecule has 0 bridgehead atoms. The maximum absolute atomic E-state index is 12.3. The molecule has 2 aliphatic rings. The lowest BCUT2D eigenvalue weighted by molar-refractivity contribution is -0.140.